The van der Waals surface area contributed by atoms with E-state index in [1.807, 2.05) is 19.1 Å². The Balaban J connectivity index is 2.90. The quantitative estimate of drug-likeness (QED) is 0.499. The van der Waals surface area contributed by atoms with Crippen molar-refractivity contribution in [2.45, 2.75) is 26.0 Å². The van der Waals surface area contributed by atoms with Gasteiger partial charge < -0.3 is 9.08 Å². The summed E-state index contributed by atoms with van der Waals surface area (Å²) in [6.07, 6.45) is 2.52. The summed E-state index contributed by atoms with van der Waals surface area (Å²) in [6, 6.07) is 7.22. The highest BCUT2D eigenvalue weighted by Gasteiger charge is 2.27. The Morgan fingerprint density at radius 1 is 1.35 bits per heavy atom. The first kappa shape index (κ1) is 17.9. The third-order valence-electron chi connectivity index (χ3n) is 2.28. The van der Waals surface area contributed by atoms with Crippen LogP contribution in [0.1, 0.15) is 25.8 Å². The van der Waals surface area contributed by atoms with Crippen molar-refractivity contribution in [3.63, 3.8) is 0 Å². The van der Waals surface area contributed by atoms with Crippen molar-refractivity contribution < 1.29 is 18.2 Å². The first-order valence-electron chi connectivity index (χ1n) is 6.47. The summed E-state index contributed by atoms with van der Waals surface area (Å²) in [7, 11) is 0. The van der Waals surface area contributed by atoms with E-state index in [2.05, 4.69) is 0 Å². The molecule has 0 spiro atoms. The van der Waals surface area contributed by atoms with E-state index in [0.717, 1.165) is 12.0 Å². The monoisotopic (exact) mass is 336 g/mol. The van der Waals surface area contributed by atoms with Gasteiger partial charge in [0.2, 0.25) is 0 Å². The summed E-state index contributed by atoms with van der Waals surface area (Å²) < 4.78 is 35.0. The van der Waals surface area contributed by atoms with Crippen LogP contribution in [0.2, 0.25) is 0 Å². The average Bonchev–Trinajstić information content (AvgIpc) is 2.38. The maximum absolute atomic E-state index is 12.6. The number of benzene rings is 1. The molecule has 0 aliphatic carbocycles. The lowest BCUT2D eigenvalue weighted by molar-refractivity contribution is 0.295. The molecule has 0 heterocycles. The predicted octanol–water partition coefficient (Wildman–Crippen LogP) is 4.23. The smallest absolute Gasteiger partial charge is 0.440 e. The Labute approximate surface area is 128 Å². The molecule has 1 aromatic carbocycles. The van der Waals surface area contributed by atoms with Crippen LogP contribution < -0.4 is 4.52 Å². The Kier molecular flexibility index (Phi) is 8.07. The molecule has 0 fully saturated rings. The maximum atomic E-state index is 12.6. The average molecular weight is 336 g/mol. The van der Waals surface area contributed by atoms with Crippen molar-refractivity contribution in [1.29, 1.82) is 0 Å². The largest absolute Gasteiger partial charge is 0.616 e. The molecular weight excluding hydrogens is 315 g/mol. The van der Waals surface area contributed by atoms with Crippen LogP contribution in [0, 0.1) is 0 Å². The van der Waals surface area contributed by atoms with E-state index in [0.29, 0.717) is 23.9 Å². The zero-order chi connectivity index (χ0) is 15.0. The van der Waals surface area contributed by atoms with Crippen LogP contribution in [0.15, 0.2) is 24.3 Å². The fourth-order valence-electron chi connectivity index (χ4n) is 1.50. The first-order chi connectivity index (χ1) is 9.50. The van der Waals surface area contributed by atoms with E-state index in [-0.39, 0.29) is 0 Å². The molecule has 7 heteroatoms. The van der Waals surface area contributed by atoms with Gasteiger partial charge in [-0.15, -0.1) is 0 Å². The maximum Gasteiger partial charge on any atom is 0.440 e. The van der Waals surface area contributed by atoms with Gasteiger partial charge in [-0.1, -0.05) is 36.3 Å². The van der Waals surface area contributed by atoms with E-state index in [4.69, 9.17) is 9.05 Å². The molecule has 0 amide bonds. The lowest BCUT2D eigenvalue weighted by atomic mass is 10.2. The van der Waals surface area contributed by atoms with Crippen molar-refractivity contribution in [3.05, 3.63) is 29.8 Å². The topological polar surface area (TPSA) is 58.6 Å². The van der Waals surface area contributed by atoms with Crippen LogP contribution >= 0.6 is 18.2 Å². The lowest BCUT2D eigenvalue weighted by Gasteiger charge is -2.19. The Morgan fingerprint density at radius 2 is 2.05 bits per heavy atom. The summed E-state index contributed by atoms with van der Waals surface area (Å²) in [5.74, 6) is 1.57. The second-order valence-corrected chi connectivity index (χ2v) is 9.67. The zero-order valence-electron chi connectivity index (χ0n) is 12.0. The van der Waals surface area contributed by atoms with Gasteiger partial charge in [0.15, 0.2) is 0 Å². The molecule has 0 aliphatic rings. The van der Waals surface area contributed by atoms with Gasteiger partial charge in [0.1, 0.15) is 11.5 Å². The number of hydrogen-bond donors (Lipinski definition) is 0. The van der Waals surface area contributed by atoms with Crippen LogP contribution in [0.3, 0.4) is 0 Å². The summed E-state index contributed by atoms with van der Waals surface area (Å²) >= 11 is 0.224. The summed E-state index contributed by atoms with van der Waals surface area (Å²) in [5, 5.41) is 0. The molecule has 2 unspecified atom stereocenters. The molecule has 0 bridgehead atoms. The van der Waals surface area contributed by atoms with Gasteiger partial charge in [-0.2, -0.15) is 0 Å². The van der Waals surface area contributed by atoms with Crippen molar-refractivity contribution in [3.8, 4) is 5.75 Å². The van der Waals surface area contributed by atoms with Crippen LogP contribution in [-0.2, 0) is 26.0 Å². The predicted molar refractivity (Wildman–Crippen MR) is 86.8 cm³/mol. The molecule has 0 saturated heterocycles. The molecule has 1 rings (SSSR count). The fraction of sp³-hybridized carbons (Fsp3) is 0.538. The molecule has 4 nitrogen and oxygen atoms in total. The van der Waals surface area contributed by atoms with Crippen LogP contribution in [0.25, 0.3) is 0 Å². The Morgan fingerprint density at radius 3 is 2.65 bits per heavy atom. The van der Waals surface area contributed by atoms with Gasteiger partial charge in [-0.05, 0) is 30.8 Å². The minimum Gasteiger partial charge on any atom is -0.616 e. The fourth-order valence-corrected chi connectivity index (χ4v) is 5.66. The number of hydrogen-bond acceptors (Lipinski definition) is 5. The van der Waals surface area contributed by atoms with E-state index in [1.54, 1.807) is 25.3 Å². The first-order valence-corrected chi connectivity index (χ1v) is 11.3. The molecule has 2 atom stereocenters. The van der Waals surface area contributed by atoms with Gasteiger partial charge in [0, 0.05) is 11.3 Å². The molecule has 0 N–H and O–H groups in total. The van der Waals surface area contributed by atoms with Gasteiger partial charge in [-0.25, -0.2) is 4.57 Å². The highest BCUT2D eigenvalue weighted by atomic mass is 32.7. The van der Waals surface area contributed by atoms with E-state index in [1.165, 1.54) is 11.4 Å². The minimum absolute atomic E-state index is 0.329. The van der Waals surface area contributed by atoms with Gasteiger partial charge >= 0.3 is 6.80 Å². The second kappa shape index (κ2) is 9.00. The third kappa shape index (κ3) is 6.10. The van der Waals surface area contributed by atoms with E-state index in [9.17, 15) is 9.12 Å². The normalized spacial score (nSPS) is 15.6. The second-order valence-electron chi connectivity index (χ2n) is 4.11. The lowest BCUT2D eigenvalue weighted by Crippen LogP contribution is -2.04. The molecule has 114 valence electrons. The van der Waals surface area contributed by atoms with Crippen molar-refractivity contribution in [2.24, 2.45) is 0 Å². The molecule has 20 heavy (non-hydrogen) atoms. The van der Waals surface area contributed by atoms with Crippen LogP contribution in [0.5, 0.6) is 5.75 Å². The van der Waals surface area contributed by atoms with Crippen molar-refractivity contribution >= 4 is 29.4 Å². The molecule has 0 aromatic heterocycles. The summed E-state index contributed by atoms with van der Waals surface area (Å²) in [5.41, 5.74) is 0.783. The van der Waals surface area contributed by atoms with E-state index < -0.39 is 18.0 Å². The minimum atomic E-state index is -3.21. The summed E-state index contributed by atoms with van der Waals surface area (Å²) in [6.45, 7) is 0.917. The number of rotatable bonds is 9. The SMILES string of the molecule is CCCSP(=O)(OCC)Oc1ccccc1C[S+](C)[O-]. The van der Waals surface area contributed by atoms with Crippen LogP contribution in [0.4, 0.5) is 0 Å². The van der Waals surface area contributed by atoms with E-state index >= 15 is 0 Å². The third-order valence-corrected chi connectivity index (χ3v) is 6.94. The standard InChI is InChI=1S/C13H21O4PS2/c1-4-10-19-18(14,16-5-2)17-13-9-7-6-8-12(13)11-20(3)15/h6-9H,4-5,10-11H2,1-3H3. The molecule has 0 saturated carbocycles. The van der Waals surface area contributed by atoms with Crippen molar-refractivity contribution in [2.75, 3.05) is 18.6 Å². The Hall–Kier alpha value is -0.130. The number of para-hydroxylation sites is 1. The summed E-state index contributed by atoms with van der Waals surface area (Å²) in [4.78, 5) is 0. The molecule has 0 radical (unpaired) electrons. The highest BCUT2D eigenvalue weighted by molar-refractivity contribution is 8.55. The molecule has 1 aromatic rings. The van der Waals surface area contributed by atoms with Crippen LogP contribution in [-0.4, -0.2) is 23.2 Å². The molecular formula is C13H21O4PS2. The van der Waals surface area contributed by atoms with Gasteiger partial charge in [0.25, 0.3) is 0 Å². The van der Waals surface area contributed by atoms with Crippen molar-refractivity contribution in [1.82, 2.24) is 0 Å². The van der Waals surface area contributed by atoms with Gasteiger partial charge in [-0.3, -0.25) is 4.52 Å². The molecule has 0 aliphatic heterocycles. The highest BCUT2D eigenvalue weighted by Crippen LogP contribution is 2.60. The Bertz CT molecular complexity index is 454. The van der Waals surface area contributed by atoms with Gasteiger partial charge in [0.05, 0.1) is 12.9 Å². The zero-order valence-corrected chi connectivity index (χ0v) is 14.6.